The highest BCUT2D eigenvalue weighted by Crippen LogP contribution is 2.51. The van der Waals surface area contributed by atoms with Crippen molar-refractivity contribution in [3.8, 4) is 33.4 Å². The molecule has 3 heteroatoms. The summed E-state index contributed by atoms with van der Waals surface area (Å²) in [7, 11) is 0. The van der Waals surface area contributed by atoms with Crippen LogP contribution in [0.5, 0.6) is 0 Å². The number of hydrogen-bond donors (Lipinski definition) is 0. The first-order valence-corrected chi connectivity index (χ1v) is 20.0. The monoisotopic (exact) mass is 743 g/mol. The van der Waals surface area contributed by atoms with E-state index in [4.69, 9.17) is 8.83 Å². The van der Waals surface area contributed by atoms with Crippen LogP contribution < -0.4 is 4.90 Å². The van der Waals surface area contributed by atoms with Gasteiger partial charge in [-0.3, -0.25) is 0 Å². The first-order valence-electron chi connectivity index (χ1n) is 20.0. The second-order valence-corrected chi connectivity index (χ2v) is 16.1. The van der Waals surface area contributed by atoms with E-state index in [9.17, 15) is 0 Å². The Balaban J connectivity index is 1.09. The second-order valence-electron chi connectivity index (χ2n) is 16.1. The van der Waals surface area contributed by atoms with Gasteiger partial charge in [0.1, 0.15) is 22.3 Å². The fourth-order valence-electron chi connectivity index (χ4n) is 9.65. The van der Waals surface area contributed by atoms with Crippen molar-refractivity contribution in [1.29, 1.82) is 0 Å². The second kappa shape index (κ2) is 12.3. The van der Waals surface area contributed by atoms with Crippen molar-refractivity contribution in [2.75, 3.05) is 4.90 Å². The molecule has 0 aliphatic heterocycles. The van der Waals surface area contributed by atoms with Crippen LogP contribution in [0.15, 0.2) is 197 Å². The fraction of sp³-hybridized carbons (Fsp3) is 0.0545. The van der Waals surface area contributed by atoms with Crippen molar-refractivity contribution in [3.63, 3.8) is 0 Å². The zero-order valence-corrected chi connectivity index (χ0v) is 32.2. The molecule has 9 aromatic carbocycles. The predicted molar refractivity (Wildman–Crippen MR) is 242 cm³/mol. The molecule has 0 fully saturated rings. The van der Waals surface area contributed by atoms with Gasteiger partial charge in [-0.1, -0.05) is 135 Å². The molecule has 0 bridgehead atoms. The largest absolute Gasteiger partial charge is 0.456 e. The van der Waals surface area contributed by atoms with Gasteiger partial charge < -0.3 is 13.7 Å². The zero-order chi connectivity index (χ0) is 38.5. The van der Waals surface area contributed by atoms with Crippen LogP contribution in [0.3, 0.4) is 0 Å². The van der Waals surface area contributed by atoms with Gasteiger partial charge in [-0.25, -0.2) is 0 Å². The minimum Gasteiger partial charge on any atom is -0.456 e. The third kappa shape index (κ3) is 4.86. The number of hydrogen-bond acceptors (Lipinski definition) is 3. The molecule has 58 heavy (non-hydrogen) atoms. The van der Waals surface area contributed by atoms with Crippen LogP contribution in [-0.4, -0.2) is 0 Å². The lowest BCUT2D eigenvalue weighted by atomic mass is 9.82. The van der Waals surface area contributed by atoms with Gasteiger partial charge in [0.15, 0.2) is 0 Å². The Hall–Kier alpha value is -7.36. The Morgan fingerprint density at radius 2 is 1.03 bits per heavy atom. The molecular formula is C55H37NO2. The lowest BCUT2D eigenvalue weighted by Gasteiger charge is -2.28. The highest BCUT2D eigenvalue weighted by atomic mass is 16.3. The van der Waals surface area contributed by atoms with Crippen molar-refractivity contribution >= 4 is 71.7 Å². The van der Waals surface area contributed by atoms with Crippen molar-refractivity contribution in [1.82, 2.24) is 0 Å². The van der Waals surface area contributed by atoms with Crippen molar-refractivity contribution < 1.29 is 8.83 Å². The molecule has 0 N–H and O–H groups in total. The number of para-hydroxylation sites is 2. The number of fused-ring (bicyclic) bond motifs is 10. The maximum absolute atomic E-state index is 6.49. The molecule has 2 aromatic heterocycles. The van der Waals surface area contributed by atoms with Crippen molar-refractivity contribution in [2.45, 2.75) is 19.3 Å². The summed E-state index contributed by atoms with van der Waals surface area (Å²) in [6.07, 6.45) is 0. The fourth-order valence-corrected chi connectivity index (χ4v) is 9.65. The van der Waals surface area contributed by atoms with E-state index >= 15 is 0 Å². The first kappa shape index (κ1) is 32.8. The van der Waals surface area contributed by atoms with E-state index in [1.54, 1.807) is 0 Å². The van der Waals surface area contributed by atoms with E-state index in [-0.39, 0.29) is 5.41 Å². The Morgan fingerprint density at radius 1 is 0.379 bits per heavy atom. The van der Waals surface area contributed by atoms with Crippen LogP contribution >= 0.6 is 0 Å². The number of rotatable bonds is 5. The van der Waals surface area contributed by atoms with Crippen LogP contribution in [0, 0.1) is 0 Å². The Labute approximate surface area is 336 Å². The molecule has 0 saturated heterocycles. The number of anilines is 3. The Kier molecular flexibility index (Phi) is 6.98. The number of furan rings is 2. The van der Waals surface area contributed by atoms with E-state index in [0.717, 1.165) is 83.2 Å². The molecule has 0 amide bonds. The smallest absolute Gasteiger partial charge is 0.137 e. The molecule has 0 saturated carbocycles. The maximum Gasteiger partial charge on any atom is 0.137 e. The lowest BCUT2D eigenvalue weighted by molar-refractivity contribution is 0.660. The van der Waals surface area contributed by atoms with Crippen LogP contribution in [0.25, 0.3) is 88.0 Å². The zero-order valence-electron chi connectivity index (χ0n) is 32.2. The lowest BCUT2D eigenvalue weighted by Crippen LogP contribution is -2.16. The minimum atomic E-state index is -0.143. The Morgan fingerprint density at radius 3 is 1.93 bits per heavy atom. The molecular weight excluding hydrogens is 707 g/mol. The molecule has 2 heterocycles. The van der Waals surface area contributed by atoms with Gasteiger partial charge in [-0.2, -0.15) is 0 Å². The molecule has 274 valence electrons. The topological polar surface area (TPSA) is 29.5 Å². The van der Waals surface area contributed by atoms with Crippen LogP contribution in [0.2, 0.25) is 0 Å². The molecule has 0 spiro atoms. The summed E-state index contributed by atoms with van der Waals surface area (Å²) in [6.45, 7) is 4.69. The first-order chi connectivity index (χ1) is 28.5. The molecule has 0 atom stereocenters. The maximum atomic E-state index is 6.49. The van der Waals surface area contributed by atoms with Gasteiger partial charge in [0.05, 0.1) is 0 Å². The molecule has 0 unspecified atom stereocenters. The number of nitrogens with zero attached hydrogens (tertiary/aromatic N) is 1. The van der Waals surface area contributed by atoms with Gasteiger partial charge in [-0.15, -0.1) is 0 Å². The highest BCUT2D eigenvalue weighted by molar-refractivity contribution is 6.16. The molecule has 1 aliphatic carbocycles. The molecule has 3 nitrogen and oxygen atoms in total. The molecule has 1 aliphatic rings. The van der Waals surface area contributed by atoms with E-state index in [2.05, 4.69) is 189 Å². The van der Waals surface area contributed by atoms with E-state index in [0.29, 0.717) is 0 Å². The summed E-state index contributed by atoms with van der Waals surface area (Å²) < 4.78 is 13.0. The number of benzene rings is 9. The normalized spacial score (nSPS) is 13.1. The predicted octanol–water partition coefficient (Wildman–Crippen LogP) is 15.7. The van der Waals surface area contributed by atoms with Gasteiger partial charge in [-0.05, 0) is 110 Å². The average molecular weight is 744 g/mol. The minimum absolute atomic E-state index is 0.143. The molecule has 0 radical (unpaired) electrons. The summed E-state index contributed by atoms with van der Waals surface area (Å²) >= 11 is 0. The average Bonchev–Trinajstić information content (AvgIpc) is 3.91. The Bertz CT molecular complexity index is 3450. The molecule has 11 aromatic rings. The third-order valence-corrected chi connectivity index (χ3v) is 12.4. The third-order valence-electron chi connectivity index (χ3n) is 12.4. The van der Waals surface area contributed by atoms with E-state index in [1.807, 2.05) is 18.2 Å². The van der Waals surface area contributed by atoms with E-state index < -0.39 is 0 Å². The summed E-state index contributed by atoms with van der Waals surface area (Å²) in [6, 6.07) is 67.8. The summed E-state index contributed by atoms with van der Waals surface area (Å²) in [4.78, 5) is 2.39. The SMILES string of the molecule is CC1(C)c2ccccc2-c2ccc(N(c3cccc(-c4ccc5oc6ccccc6c5c4-c4ccc5ccccc5c4)c3)c3ccc4c(c3)oc3ccccc34)cc21. The van der Waals surface area contributed by atoms with E-state index in [1.165, 1.54) is 33.0 Å². The summed E-state index contributed by atoms with van der Waals surface area (Å²) in [5, 5.41) is 6.90. The summed E-state index contributed by atoms with van der Waals surface area (Å²) in [5.74, 6) is 0. The van der Waals surface area contributed by atoms with Gasteiger partial charge in [0.25, 0.3) is 0 Å². The summed E-state index contributed by atoms with van der Waals surface area (Å²) in [5.41, 5.74) is 16.5. The van der Waals surface area contributed by atoms with Crippen molar-refractivity contribution in [3.05, 3.63) is 199 Å². The quantitative estimate of drug-likeness (QED) is 0.176. The van der Waals surface area contributed by atoms with Crippen LogP contribution in [0.4, 0.5) is 17.1 Å². The van der Waals surface area contributed by atoms with Crippen LogP contribution in [0.1, 0.15) is 25.0 Å². The van der Waals surface area contributed by atoms with Crippen LogP contribution in [-0.2, 0) is 5.41 Å². The standard InChI is InChI=1S/C55H37NO2/c1-55(2)47-19-8-5-16-42(47)43-26-24-39(32-48(43)55)56(40-25-27-45-44-17-6-9-20-49(44)58-52(45)33-40)38-15-11-14-36(31-38)41-28-29-51-54(46-18-7-10-21-50(46)57-51)53(41)37-23-22-34-12-3-4-13-35(34)30-37/h3-33H,1-2H3. The van der Waals surface area contributed by atoms with Gasteiger partial charge in [0.2, 0.25) is 0 Å². The highest BCUT2D eigenvalue weighted by Gasteiger charge is 2.36. The van der Waals surface area contributed by atoms with Crippen molar-refractivity contribution in [2.24, 2.45) is 0 Å². The molecule has 12 rings (SSSR count). The van der Waals surface area contributed by atoms with Gasteiger partial charge in [0, 0.05) is 55.7 Å². The van der Waals surface area contributed by atoms with Gasteiger partial charge >= 0.3 is 0 Å².